The molecule has 1 N–H and O–H groups in total. The SMILES string of the molecule is Cc1cccc(CNC2CC2)c1OC1CCS(=O)(=O)C1. The van der Waals surface area contributed by atoms with Gasteiger partial charge in [-0.05, 0) is 31.7 Å². The second kappa shape index (κ2) is 5.37. The van der Waals surface area contributed by atoms with E-state index in [0.29, 0.717) is 12.5 Å². The first-order valence-electron chi connectivity index (χ1n) is 7.22. The third kappa shape index (κ3) is 3.33. The van der Waals surface area contributed by atoms with E-state index in [1.165, 1.54) is 12.8 Å². The van der Waals surface area contributed by atoms with Crippen LogP contribution in [0.5, 0.6) is 5.75 Å². The van der Waals surface area contributed by atoms with Crippen molar-refractivity contribution in [2.75, 3.05) is 11.5 Å². The summed E-state index contributed by atoms with van der Waals surface area (Å²) in [6, 6.07) is 6.74. The van der Waals surface area contributed by atoms with Gasteiger partial charge in [-0.3, -0.25) is 0 Å². The van der Waals surface area contributed by atoms with Crippen molar-refractivity contribution in [3.8, 4) is 5.75 Å². The predicted octanol–water partition coefficient (Wildman–Crippen LogP) is 1.81. The molecule has 0 aromatic heterocycles. The topological polar surface area (TPSA) is 55.4 Å². The molecule has 1 heterocycles. The van der Waals surface area contributed by atoms with Gasteiger partial charge in [0.05, 0.1) is 11.5 Å². The zero-order chi connectivity index (χ0) is 14.2. The third-order valence-corrected chi connectivity index (χ3v) is 5.66. The standard InChI is InChI=1S/C15H21NO3S/c1-11-3-2-4-12(9-16-13-5-6-13)15(11)19-14-7-8-20(17,18)10-14/h2-4,13-14,16H,5-10H2,1H3. The van der Waals surface area contributed by atoms with Crippen LogP contribution >= 0.6 is 0 Å². The number of aryl methyl sites for hydroxylation is 1. The summed E-state index contributed by atoms with van der Waals surface area (Å²) in [6.07, 6.45) is 2.92. The van der Waals surface area contributed by atoms with Crippen molar-refractivity contribution in [3.05, 3.63) is 29.3 Å². The summed E-state index contributed by atoms with van der Waals surface area (Å²) >= 11 is 0. The van der Waals surface area contributed by atoms with Crippen LogP contribution in [0.1, 0.15) is 30.4 Å². The molecule has 5 heteroatoms. The van der Waals surface area contributed by atoms with Gasteiger partial charge in [0.25, 0.3) is 0 Å². The van der Waals surface area contributed by atoms with Crippen molar-refractivity contribution in [2.24, 2.45) is 0 Å². The molecule has 1 aromatic carbocycles. The summed E-state index contributed by atoms with van der Waals surface area (Å²) in [6.45, 7) is 2.81. The highest BCUT2D eigenvalue weighted by Gasteiger charge is 2.30. The quantitative estimate of drug-likeness (QED) is 0.900. The van der Waals surface area contributed by atoms with Gasteiger partial charge in [0.2, 0.25) is 0 Å². The average molecular weight is 295 g/mol. The van der Waals surface area contributed by atoms with Gasteiger partial charge in [-0.25, -0.2) is 8.42 Å². The van der Waals surface area contributed by atoms with Crippen LogP contribution in [0.15, 0.2) is 18.2 Å². The molecular weight excluding hydrogens is 274 g/mol. The van der Waals surface area contributed by atoms with Crippen LogP contribution in [0.3, 0.4) is 0 Å². The molecule has 1 aromatic rings. The van der Waals surface area contributed by atoms with E-state index in [-0.39, 0.29) is 17.6 Å². The van der Waals surface area contributed by atoms with Gasteiger partial charge in [0.1, 0.15) is 11.9 Å². The Hall–Kier alpha value is -1.07. The number of hydrogen-bond donors (Lipinski definition) is 1. The lowest BCUT2D eigenvalue weighted by Crippen LogP contribution is -2.21. The number of para-hydroxylation sites is 1. The van der Waals surface area contributed by atoms with E-state index in [1.54, 1.807) is 0 Å². The lowest BCUT2D eigenvalue weighted by molar-refractivity contribution is 0.224. The zero-order valence-electron chi connectivity index (χ0n) is 11.8. The fourth-order valence-corrected chi connectivity index (χ4v) is 4.17. The fourth-order valence-electron chi connectivity index (χ4n) is 2.58. The van der Waals surface area contributed by atoms with Crippen molar-refractivity contribution in [2.45, 2.75) is 44.9 Å². The van der Waals surface area contributed by atoms with E-state index < -0.39 is 9.84 Å². The molecule has 1 aliphatic heterocycles. The molecule has 1 saturated heterocycles. The van der Waals surface area contributed by atoms with Gasteiger partial charge in [-0.2, -0.15) is 0 Å². The van der Waals surface area contributed by atoms with Crippen LogP contribution in [0, 0.1) is 6.92 Å². The van der Waals surface area contributed by atoms with Crippen LogP contribution in [-0.2, 0) is 16.4 Å². The first-order valence-corrected chi connectivity index (χ1v) is 9.04. The Morgan fingerprint density at radius 3 is 2.75 bits per heavy atom. The Balaban J connectivity index is 1.73. The van der Waals surface area contributed by atoms with Gasteiger partial charge < -0.3 is 10.1 Å². The van der Waals surface area contributed by atoms with E-state index in [9.17, 15) is 8.42 Å². The number of ether oxygens (including phenoxy) is 1. The number of hydrogen-bond acceptors (Lipinski definition) is 4. The van der Waals surface area contributed by atoms with Crippen LogP contribution in [-0.4, -0.2) is 32.1 Å². The highest BCUT2D eigenvalue weighted by atomic mass is 32.2. The molecule has 0 amide bonds. The van der Waals surface area contributed by atoms with Crippen molar-refractivity contribution < 1.29 is 13.2 Å². The normalized spacial score (nSPS) is 24.8. The molecule has 110 valence electrons. The van der Waals surface area contributed by atoms with E-state index in [4.69, 9.17) is 4.74 Å². The first-order chi connectivity index (χ1) is 9.53. The molecule has 20 heavy (non-hydrogen) atoms. The number of rotatable bonds is 5. The lowest BCUT2D eigenvalue weighted by Gasteiger charge is -2.18. The second-order valence-corrected chi connectivity index (χ2v) is 8.09. The summed E-state index contributed by atoms with van der Waals surface area (Å²) < 4.78 is 29.1. The Morgan fingerprint density at radius 1 is 1.30 bits per heavy atom. The van der Waals surface area contributed by atoms with Crippen LogP contribution in [0.2, 0.25) is 0 Å². The summed E-state index contributed by atoms with van der Waals surface area (Å²) in [5.41, 5.74) is 2.20. The molecule has 1 atom stereocenters. The van der Waals surface area contributed by atoms with E-state index in [1.807, 2.05) is 19.1 Å². The second-order valence-electron chi connectivity index (χ2n) is 5.86. The van der Waals surface area contributed by atoms with Gasteiger partial charge in [0.15, 0.2) is 9.84 Å². The minimum Gasteiger partial charge on any atom is -0.489 e. The van der Waals surface area contributed by atoms with Gasteiger partial charge in [-0.15, -0.1) is 0 Å². The maximum absolute atomic E-state index is 11.5. The van der Waals surface area contributed by atoms with Crippen molar-refractivity contribution in [1.82, 2.24) is 5.32 Å². The lowest BCUT2D eigenvalue weighted by atomic mass is 10.1. The Morgan fingerprint density at radius 2 is 2.10 bits per heavy atom. The molecular formula is C15H21NO3S. The average Bonchev–Trinajstić information content (AvgIpc) is 3.15. The van der Waals surface area contributed by atoms with Crippen LogP contribution in [0.4, 0.5) is 0 Å². The largest absolute Gasteiger partial charge is 0.489 e. The molecule has 0 spiro atoms. The number of nitrogens with one attached hydrogen (secondary N) is 1. The highest BCUT2D eigenvalue weighted by molar-refractivity contribution is 7.91. The zero-order valence-corrected chi connectivity index (χ0v) is 12.6. The highest BCUT2D eigenvalue weighted by Crippen LogP contribution is 2.28. The fraction of sp³-hybridized carbons (Fsp3) is 0.600. The predicted molar refractivity (Wildman–Crippen MR) is 78.7 cm³/mol. The van der Waals surface area contributed by atoms with E-state index >= 15 is 0 Å². The van der Waals surface area contributed by atoms with Crippen LogP contribution in [0.25, 0.3) is 0 Å². The molecule has 1 unspecified atom stereocenters. The van der Waals surface area contributed by atoms with Crippen LogP contribution < -0.4 is 10.1 Å². The summed E-state index contributed by atoms with van der Waals surface area (Å²) in [7, 11) is -2.90. The summed E-state index contributed by atoms with van der Waals surface area (Å²) in [5, 5.41) is 3.48. The molecule has 0 radical (unpaired) electrons. The third-order valence-electron chi connectivity index (χ3n) is 3.93. The van der Waals surface area contributed by atoms with Crippen molar-refractivity contribution in [3.63, 3.8) is 0 Å². The van der Waals surface area contributed by atoms with E-state index in [2.05, 4.69) is 11.4 Å². The molecule has 1 saturated carbocycles. The maximum atomic E-state index is 11.5. The van der Waals surface area contributed by atoms with Gasteiger partial charge in [-0.1, -0.05) is 18.2 Å². The van der Waals surface area contributed by atoms with Gasteiger partial charge in [0, 0.05) is 18.2 Å². The van der Waals surface area contributed by atoms with Crippen molar-refractivity contribution in [1.29, 1.82) is 0 Å². The molecule has 4 nitrogen and oxygen atoms in total. The van der Waals surface area contributed by atoms with Gasteiger partial charge >= 0.3 is 0 Å². The minimum atomic E-state index is -2.90. The first kappa shape index (κ1) is 13.9. The molecule has 1 aliphatic carbocycles. The summed E-state index contributed by atoms with van der Waals surface area (Å²) in [5.74, 6) is 1.26. The maximum Gasteiger partial charge on any atom is 0.154 e. The number of benzene rings is 1. The smallest absolute Gasteiger partial charge is 0.154 e. The monoisotopic (exact) mass is 295 g/mol. The summed E-state index contributed by atoms with van der Waals surface area (Å²) in [4.78, 5) is 0. The van der Waals surface area contributed by atoms with Crippen molar-refractivity contribution >= 4 is 9.84 Å². The molecule has 2 fully saturated rings. The molecule has 2 aliphatic rings. The minimum absolute atomic E-state index is 0.150. The Kier molecular flexibility index (Phi) is 3.73. The van der Waals surface area contributed by atoms with E-state index in [0.717, 1.165) is 23.4 Å². The Bertz CT molecular complexity index is 593. The molecule has 0 bridgehead atoms. The Labute approximate surface area is 120 Å². The molecule has 3 rings (SSSR count). The number of sulfone groups is 1.